The third-order valence-corrected chi connectivity index (χ3v) is 15.9. The molecule has 0 heterocycles. The fraction of sp³-hybridized carbons (Fsp3) is 0.641. The number of carboxylic acid groups (broad SMARTS) is 2. The van der Waals surface area contributed by atoms with E-state index in [9.17, 15) is 82.1 Å². The third-order valence-electron chi connectivity index (χ3n) is 15.9. The van der Waals surface area contributed by atoms with Crippen molar-refractivity contribution in [1.29, 1.82) is 0 Å². The van der Waals surface area contributed by atoms with Crippen molar-refractivity contribution in [3.8, 4) is 0 Å². The summed E-state index contributed by atoms with van der Waals surface area (Å²) >= 11 is 0. The highest BCUT2D eigenvalue weighted by atomic mass is 16.4. The number of hydrogen-bond donors (Lipinski definition) is 20. The number of benzene rings is 1. The molecule has 0 aliphatic rings. The molecule has 101 heavy (non-hydrogen) atoms. The fourth-order valence-electron chi connectivity index (χ4n) is 9.64. The molecule has 37 nitrogen and oxygen atoms in total. The Morgan fingerprint density at radius 1 is 0.446 bits per heavy atom. The Morgan fingerprint density at radius 2 is 0.851 bits per heavy atom. The van der Waals surface area contributed by atoms with Gasteiger partial charge in [-0.05, 0) is 88.5 Å². The van der Waals surface area contributed by atoms with Crippen LogP contribution >= 0.6 is 0 Å². The summed E-state index contributed by atoms with van der Waals surface area (Å²) in [6.45, 7) is 16.4. The smallest absolute Gasteiger partial charge is 0.326 e. The molecule has 0 aliphatic heterocycles. The van der Waals surface area contributed by atoms with E-state index < -0.39 is 198 Å². The standard InChI is InChI=1S/C64H108N20O17/c1-12-33(7)49(59(97)73-30-46(86)76-43(29-47(87)88)57(95)74-36(10)53(91)81-44(62(100)101)28-38-19-15-14-16-20-38)84-55(93)40(22-18-26-72-64(69)70)78-54(92)39(21-17-25-71-63(67)68)79-58(96)42(27-31(3)4)80-60(98)48(32(5)6)82-56(94)41(23-24-45(66)85)77-52(90)37(11)75-61(99)50(34(8)13-2)83-51(89)35(9)65/h14-16,19-20,31-37,39-44,48-50H,12-13,17-18,21-30,65H2,1-11H3,(H2,66,85)(H,73,97)(H,74,95)(H,75,99)(H,76,86)(H,77,90)(H,78,92)(H,79,96)(H,80,98)(H,81,91)(H,82,94)(H,83,89)(H,84,93)(H,87,88)(H,100,101)(H4,67,68,71)(H4,69,70,72)/t33-,34-,35-,36-,37-,39-,40-,41-,42-,43-,44-,48-,49-,50-/m0/s1. The van der Waals surface area contributed by atoms with Gasteiger partial charge < -0.3 is 108 Å². The lowest BCUT2D eigenvalue weighted by molar-refractivity contribution is -0.143. The number of aliphatic imine (C=N–C) groups is 2. The van der Waals surface area contributed by atoms with Gasteiger partial charge in [-0.2, -0.15) is 0 Å². The largest absolute Gasteiger partial charge is 0.481 e. The van der Waals surface area contributed by atoms with Gasteiger partial charge in [-0.15, -0.1) is 0 Å². The maximum Gasteiger partial charge on any atom is 0.326 e. The van der Waals surface area contributed by atoms with Gasteiger partial charge in [-0.1, -0.05) is 98.6 Å². The topological polar surface area (TPSA) is 622 Å². The van der Waals surface area contributed by atoms with Crippen molar-refractivity contribution in [1.82, 2.24) is 63.8 Å². The van der Waals surface area contributed by atoms with Crippen LogP contribution in [-0.4, -0.2) is 203 Å². The van der Waals surface area contributed by atoms with Gasteiger partial charge in [0.2, 0.25) is 76.8 Å². The van der Waals surface area contributed by atoms with E-state index in [2.05, 4.69) is 73.8 Å². The average Bonchev–Trinajstić information content (AvgIpc) is 0.862. The molecule has 0 fully saturated rings. The predicted molar refractivity (Wildman–Crippen MR) is 371 cm³/mol. The normalized spacial score (nSPS) is 15.2. The molecule has 1 rings (SSSR count). The summed E-state index contributed by atoms with van der Waals surface area (Å²) in [6, 6.07) is -8.42. The zero-order valence-electron chi connectivity index (χ0n) is 59.4. The quantitative estimate of drug-likeness (QED) is 0.0165. The van der Waals surface area contributed by atoms with E-state index in [-0.39, 0.29) is 82.3 Å². The van der Waals surface area contributed by atoms with Crippen molar-refractivity contribution in [2.75, 3.05) is 19.6 Å². The summed E-state index contributed by atoms with van der Waals surface area (Å²) in [6.07, 6.45) is -1.48. The molecule has 0 saturated heterocycles. The molecule has 0 saturated carbocycles. The Bertz CT molecular complexity index is 3050. The number of amides is 13. The number of hydrogen-bond acceptors (Lipinski definition) is 18. The highest BCUT2D eigenvalue weighted by Gasteiger charge is 2.38. The molecule has 1 aromatic carbocycles. The number of carbonyl (C=O) groups excluding carboxylic acids is 13. The first-order chi connectivity index (χ1) is 47.2. The molecule has 0 radical (unpaired) electrons. The molecular weight excluding hydrogens is 1320 g/mol. The van der Waals surface area contributed by atoms with E-state index in [4.69, 9.17) is 34.4 Å². The predicted octanol–water partition coefficient (Wildman–Crippen LogP) is -5.21. The van der Waals surface area contributed by atoms with Gasteiger partial charge in [0, 0.05) is 25.9 Å². The molecule has 566 valence electrons. The molecule has 0 bridgehead atoms. The number of guanidine groups is 2. The number of rotatable bonds is 47. The summed E-state index contributed by atoms with van der Waals surface area (Å²) in [5.74, 6) is -17.4. The highest BCUT2D eigenvalue weighted by molar-refractivity contribution is 6.00. The van der Waals surface area contributed by atoms with Crippen LogP contribution < -0.4 is 98.2 Å². The van der Waals surface area contributed by atoms with Crippen molar-refractivity contribution in [2.24, 2.45) is 68.1 Å². The van der Waals surface area contributed by atoms with Gasteiger partial charge in [0.25, 0.3) is 0 Å². The Morgan fingerprint density at radius 3 is 1.30 bits per heavy atom. The monoisotopic (exact) mass is 1430 g/mol. The van der Waals surface area contributed by atoms with Crippen LogP contribution in [0.3, 0.4) is 0 Å². The van der Waals surface area contributed by atoms with Crippen LogP contribution in [0.2, 0.25) is 0 Å². The number of nitrogens with zero attached hydrogens (tertiary/aromatic N) is 2. The lowest BCUT2D eigenvalue weighted by Gasteiger charge is -2.30. The van der Waals surface area contributed by atoms with Crippen LogP contribution in [0.15, 0.2) is 40.3 Å². The Labute approximate surface area is 587 Å². The van der Waals surface area contributed by atoms with E-state index >= 15 is 0 Å². The molecular formula is C64H108N20O17. The van der Waals surface area contributed by atoms with Gasteiger partial charge in [0.15, 0.2) is 11.9 Å². The summed E-state index contributed by atoms with van der Waals surface area (Å²) in [5, 5.41) is 49.3. The first-order valence-electron chi connectivity index (χ1n) is 33.5. The molecule has 1 aromatic rings. The van der Waals surface area contributed by atoms with Crippen molar-refractivity contribution in [2.45, 2.75) is 219 Å². The van der Waals surface area contributed by atoms with E-state index in [0.717, 1.165) is 0 Å². The minimum atomic E-state index is -1.82. The van der Waals surface area contributed by atoms with E-state index in [1.54, 1.807) is 85.7 Å². The second-order valence-electron chi connectivity index (χ2n) is 25.5. The van der Waals surface area contributed by atoms with Gasteiger partial charge in [-0.3, -0.25) is 77.1 Å². The molecule has 0 unspecified atom stereocenters. The SMILES string of the molecule is CC[C@H](C)[C@H](NC(=O)[C@H](C)N)C(=O)N[C@@H](C)C(=O)N[C@@H](CCC(N)=O)C(=O)N[C@H](C(=O)N[C@@H](CC(C)C)C(=O)N[C@@H](CCCN=C(N)N)C(=O)N[C@@H](CCCN=C(N)N)C(=O)N[C@H](C(=O)NCC(=O)N[C@@H](CC(=O)O)C(=O)N[C@@H](C)C(=O)N[C@@H](Cc1ccccc1)C(=O)O)[C@@H](C)CC)C(C)C. The van der Waals surface area contributed by atoms with Crippen molar-refractivity contribution in [3.05, 3.63) is 35.9 Å². The first-order valence-corrected chi connectivity index (χ1v) is 33.5. The number of carbonyl (C=O) groups is 15. The second kappa shape index (κ2) is 45.4. The van der Waals surface area contributed by atoms with Crippen LogP contribution in [0.4, 0.5) is 0 Å². The lowest BCUT2D eigenvalue weighted by Crippen LogP contribution is -2.61. The van der Waals surface area contributed by atoms with Gasteiger partial charge >= 0.3 is 11.9 Å². The summed E-state index contributed by atoms with van der Waals surface area (Å²) in [5.41, 5.74) is 34.0. The fourth-order valence-corrected chi connectivity index (χ4v) is 9.64. The number of nitrogens with one attached hydrogen (secondary N) is 12. The van der Waals surface area contributed by atoms with Gasteiger partial charge in [0.05, 0.1) is 19.0 Å². The Balaban J connectivity index is 3.55. The molecule has 14 atom stereocenters. The average molecular weight is 1430 g/mol. The molecule has 26 N–H and O–H groups in total. The summed E-state index contributed by atoms with van der Waals surface area (Å²) in [4.78, 5) is 209. The lowest BCUT2D eigenvalue weighted by atomic mass is 9.97. The van der Waals surface area contributed by atoms with Crippen LogP contribution in [0.5, 0.6) is 0 Å². The zero-order valence-corrected chi connectivity index (χ0v) is 59.4. The third kappa shape index (κ3) is 34.4. The zero-order chi connectivity index (χ0) is 77.0. The Kier molecular flexibility index (Phi) is 39.9. The Hall–Kier alpha value is -10.2. The van der Waals surface area contributed by atoms with Crippen LogP contribution in [0.1, 0.15) is 146 Å². The molecule has 0 aromatic heterocycles. The first kappa shape index (κ1) is 88.8. The summed E-state index contributed by atoms with van der Waals surface area (Å²) < 4.78 is 0. The van der Waals surface area contributed by atoms with E-state index in [1.807, 2.05) is 0 Å². The van der Waals surface area contributed by atoms with Gasteiger partial charge in [0.1, 0.15) is 66.5 Å². The minimum Gasteiger partial charge on any atom is -0.481 e. The second-order valence-corrected chi connectivity index (χ2v) is 25.5. The summed E-state index contributed by atoms with van der Waals surface area (Å²) in [7, 11) is 0. The van der Waals surface area contributed by atoms with Crippen LogP contribution in [0, 0.1) is 23.7 Å². The van der Waals surface area contributed by atoms with E-state index in [0.29, 0.717) is 12.0 Å². The van der Waals surface area contributed by atoms with Crippen molar-refractivity contribution in [3.63, 3.8) is 0 Å². The number of aliphatic carboxylic acids is 2. The van der Waals surface area contributed by atoms with Crippen LogP contribution in [0.25, 0.3) is 0 Å². The molecule has 13 amide bonds. The minimum absolute atomic E-state index is 0.0464. The number of primary amides is 1. The van der Waals surface area contributed by atoms with E-state index in [1.165, 1.54) is 20.8 Å². The molecule has 0 spiro atoms. The van der Waals surface area contributed by atoms with Gasteiger partial charge in [-0.25, -0.2) is 4.79 Å². The number of carboxylic acids is 2. The maximum atomic E-state index is 14.6. The van der Waals surface area contributed by atoms with Crippen LogP contribution in [-0.2, 0) is 78.3 Å². The molecule has 0 aliphatic carbocycles. The van der Waals surface area contributed by atoms with Crippen molar-refractivity contribution < 1.29 is 82.1 Å². The van der Waals surface area contributed by atoms with Crippen molar-refractivity contribution >= 4 is 101 Å². The number of nitrogens with two attached hydrogens (primary N) is 6. The molecule has 37 heteroatoms. The maximum absolute atomic E-state index is 14.6. The highest BCUT2D eigenvalue weighted by Crippen LogP contribution is 2.15.